The molecule has 8 nitrogen and oxygen atoms in total. The molecule has 2 heterocycles. The van der Waals surface area contributed by atoms with Gasteiger partial charge in [-0.05, 0) is 32.1 Å². The maximum atomic E-state index is 13.3. The van der Waals surface area contributed by atoms with Gasteiger partial charge in [0.1, 0.15) is 11.7 Å². The van der Waals surface area contributed by atoms with E-state index < -0.39 is 39.9 Å². The van der Waals surface area contributed by atoms with Crippen molar-refractivity contribution in [3.8, 4) is 5.88 Å². The van der Waals surface area contributed by atoms with Crippen molar-refractivity contribution >= 4 is 16.0 Å². The van der Waals surface area contributed by atoms with Crippen LogP contribution in [0.2, 0.25) is 0 Å². The van der Waals surface area contributed by atoms with Crippen LogP contribution in [0.1, 0.15) is 44.1 Å². The van der Waals surface area contributed by atoms with E-state index in [2.05, 4.69) is 15.3 Å². The quantitative estimate of drug-likeness (QED) is 0.725. The Morgan fingerprint density at radius 3 is 2.45 bits per heavy atom. The van der Waals surface area contributed by atoms with Crippen LogP contribution < -0.4 is 10.1 Å². The molecule has 2 atom stereocenters. The van der Waals surface area contributed by atoms with Crippen LogP contribution in [-0.2, 0) is 16.2 Å². The van der Waals surface area contributed by atoms with Gasteiger partial charge in [-0.3, -0.25) is 0 Å². The minimum Gasteiger partial charge on any atom is -0.471 e. The molecule has 1 aromatic heterocycles. The van der Waals surface area contributed by atoms with E-state index in [1.54, 1.807) is 0 Å². The molecule has 164 valence electrons. The highest BCUT2D eigenvalue weighted by Crippen LogP contribution is 2.36. The fourth-order valence-electron chi connectivity index (χ4n) is 3.59. The molecule has 2 fully saturated rings. The van der Waals surface area contributed by atoms with Crippen LogP contribution in [0.25, 0.3) is 0 Å². The number of nitrogens with one attached hydrogen (secondary N) is 1. The first kappa shape index (κ1) is 22.0. The summed E-state index contributed by atoms with van der Waals surface area (Å²) in [6.45, 7) is 0.628. The minimum absolute atomic E-state index is 0.0175. The van der Waals surface area contributed by atoms with Crippen molar-refractivity contribution < 1.29 is 31.4 Å². The predicted molar refractivity (Wildman–Crippen MR) is 99.0 cm³/mol. The Kier molecular flexibility index (Phi) is 6.54. The number of sulfonamides is 1. The third-order valence-corrected chi connectivity index (χ3v) is 6.55. The van der Waals surface area contributed by atoms with E-state index in [0.717, 1.165) is 19.1 Å². The second-order valence-electron chi connectivity index (χ2n) is 7.50. The van der Waals surface area contributed by atoms with E-state index in [-0.39, 0.29) is 12.0 Å². The topological polar surface area (TPSA) is 105 Å². The van der Waals surface area contributed by atoms with Gasteiger partial charge in [0, 0.05) is 25.3 Å². The third kappa shape index (κ3) is 5.70. The average Bonchev–Trinajstić information content (AvgIpc) is 2.62. The first-order valence-corrected chi connectivity index (χ1v) is 11.4. The minimum atomic E-state index is -4.69. The number of anilines is 1. The Morgan fingerprint density at radius 1 is 1.21 bits per heavy atom. The lowest BCUT2D eigenvalue weighted by atomic mass is 9.95. The van der Waals surface area contributed by atoms with Crippen LogP contribution in [0.3, 0.4) is 0 Å². The molecule has 1 aromatic rings. The molecule has 29 heavy (non-hydrogen) atoms. The van der Waals surface area contributed by atoms with Gasteiger partial charge in [-0.25, -0.2) is 17.7 Å². The van der Waals surface area contributed by atoms with Crippen LogP contribution >= 0.6 is 0 Å². The summed E-state index contributed by atoms with van der Waals surface area (Å²) >= 11 is 0. The van der Waals surface area contributed by atoms with Crippen molar-refractivity contribution in [2.45, 2.75) is 63.0 Å². The summed E-state index contributed by atoms with van der Waals surface area (Å²) in [5.41, 5.74) is -1.09. The second-order valence-corrected chi connectivity index (χ2v) is 9.48. The van der Waals surface area contributed by atoms with Gasteiger partial charge in [0.15, 0.2) is 0 Å². The zero-order valence-corrected chi connectivity index (χ0v) is 16.8. The van der Waals surface area contributed by atoms with Crippen LogP contribution in [-0.4, -0.2) is 65.4 Å². The number of hydrogen-bond donors (Lipinski definition) is 2. The molecule has 1 aliphatic carbocycles. The monoisotopic (exact) mass is 438 g/mol. The van der Waals surface area contributed by atoms with E-state index in [9.17, 15) is 26.7 Å². The van der Waals surface area contributed by atoms with Crippen LogP contribution in [0, 0.1) is 0 Å². The number of aliphatic hydroxyl groups excluding tert-OH is 1. The lowest BCUT2D eigenvalue weighted by molar-refractivity contribution is -0.140. The van der Waals surface area contributed by atoms with Gasteiger partial charge in [-0.1, -0.05) is 6.42 Å². The molecule has 2 N–H and O–H groups in total. The second kappa shape index (κ2) is 8.60. The predicted octanol–water partition coefficient (Wildman–Crippen LogP) is 2.01. The Labute approximate surface area is 167 Å². The van der Waals surface area contributed by atoms with Gasteiger partial charge in [0.05, 0.1) is 12.4 Å². The first-order valence-electron chi connectivity index (χ1n) is 9.54. The zero-order chi connectivity index (χ0) is 21.2. The first-order chi connectivity index (χ1) is 13.5. The molecule has 1 saturated heterocycles. The SMILES string of the molecule is CS(=O)(=O)N1CCC(Nc2ncc(C(F)(F)F)c(O[C@@H]3CCCC[C@@H]3O)n2)CC1. The Bertz CT molecular complexity index is 813. The molecule has 2 aliphatic rings. The van der Waals surface area contributed by atoms with Crippen molar-refractivity contribution in [2.24, 2.45) is 0 Å². The Hall–Kier alpha value is -1.66. The van der Waals surface area contributed by atoms with Crippen LogP contribution in [0.15, 0.2) is 6.20 Å². The molecule has 0 aromatic carbocycles. The number of aliphatic hydroxyl groups is 1. The number of alkyl halides is 3. The summed E-state index contributed by atoms with van der Waals surface area (Å²) in [5.74, 6) is -0.620. The van der Waals surface area contributed by atoms with Gasteiger partial charge in [0.2, 0.25) is 21.9 Å². The summed E-state index contributed by atoms with van der Waals surface area (Å²) in [4.78, 5) is 7.69. The van der Waals surface area contributed by atoms with Gasteiger partial charge in [-0.2, -0.15) is 18.2 Å². The Balaban J connectivity index is 1.73. The molecule has 0 spiro atoms. The number of hydrogen-bond acceptors (Lipinski definition) is 7. The molecule has 0 radical (unpaired) electrons. The maximum Gasteiger partial charge on any atom is 0.423 e. The maximum absolute atomic E-state index is 13.3. The van der Waals surface area contributed by atoms with Crippen molar-refractivity contribution in [3.63, 3.8) is 0 Å². The van der Waals surface area contributed by atoms with E-state index in [4.69, 9.17) is 4.74 Å². The highest BCUT2D eigenvalue weighted by atomic mass is 32.2. The third-order valence-electron chi connectivity index (χ3n) is 5.25. The molecule has 3 rings (SSSR count). The summed E-state index contributed by atoms with van der Waals surface area (Å²) in [5, 5.41) is 13.0. The van der Waals surface area contributed by atoms with Crippen molar-refractivity contribution in [1.29, 1.82) is 0 Å². The van der Waals surface area contributed by atoms with Crippen LogP contribution in [0.5, 0.6) is 5.88 Å². The molecule has 12 heteroatoms. The number of piperidine rings is 1. The van der Waals surface area contributed by atoms with E-state index in [1.165, 1.54) is 4.31 Å². The number of ether oxygens (including phenoxy) is 1. The average molecular weight is 438 g/mol. The standard InChI is InChI=1S/C17H25F3N4O4S/c1-29(26,27)24-8-6-11(7-9-24)22-16-21-10-12(17(18,19)20)15(23-16)28-14-5-3-2-4-13(14)25/h10-11,13-14,25H,2-9H2,1H3,(H,21,22,23)/t13-,14+/m0/s1. The number of halogens is 3. The zero-order valence-electron chi connectivity index (χ0n) is 16.0. The molecule has 0 unspecified atom stereocenters. The lowest BCUT2D eigenvalue weighted by Crippen LogP contribution is -2.42. The van der Waals surface area contributed by atoms with Gasteiger partial charge < -0.3 is 15.2 Å². The fourth-order valence-corrected chi connectivity index (χ4v) is 4.47. The Morgan fingerprint density at radius 2 is 1.86 bits per heavy atom. The van der Waals surface area contributed by atoms with E-state index in [1.807, 2.05) is 0 Å². The summed E-state index contributed by atoms with van der Waals surface area (Å²) in [6.07, 6.45) is -1.00. The lowest BCUT2D eigenvalue weighted by Gasteiger charge is -2.31. The van der Waals surface area contributed by atoms with E-state index >= 15 is 0 Å². The summed E-state index contributed by atoms with van der Waals surface area (Å²) in [6, 6.07) is -0.169. The van der Waals surface area contributed by atoms with Gasteiger partial charge >= 0.3 is 6.18 Å². The highest BCUT2D eigenvalue weighted by molar-refractivity contribution is 7.88. The molecule has 1 saturated carbocycles. The van der Waals surface area contributed by atoms with Crippen molar-refractivity contribution in [2.75, 3.05) is 24.7 Å². The molecular formula is C17H25F3N4O4S. The molecule has 0 amide bonds. The van der Waals surface area contributed by atoms with Gasteiger partial charge in [0.25, 0.3) is 0 Å². The summed E-state index contributed by atoms with van der Waals surface area (Å²) in [7, 11) is -3.27. The number of aromatic nitrogens is 2. The number of nitrogens with zero attached hydrogens (tertiary/aromatic N) is 3. The number of rotatable bonds is 5. The normalized spacial score (nSPS) is 25.0. The van der Waals surface area contributed by atoms with Gasteiger partial charge in [-0.15, -0.1) is 0 Å². The smallest absolute Gasteiger partial charge is 0.423 e. The molecule has 0 bridgehead atoms. The van der Waals surface area contributed by atoms with Crippen molar-refractivity contribution in [3.05, 3.63) is 11.8 Å². The van der Waals surface area contributed by atoms with E-state index in [0.29, 0.717) is 45.0 Å². The molecular weight excluding hydrogens is 413 g/mol. The molecule has 1 aliphatic heterocycles. The largest absolute Gasteiger partial charge is 0.471 e. The highest BCUT2D eigenvalue weighted by Gasteiger charge is 2.38. The van der Waals surface area contributed by atoms with Crippen LogP contribution in [0.4, 0.5) is 19.1 Å². The van der Waals surface area contributed by atoms with Crippen molar-refractivity contribution in [1.82, 2.24) is 14.3 Å². The fraction of sp³-hybridized carbons (Fsp3) is 0.765. The summed E-state index contributed by atoms with van der Waals surface area (Å²) < 4.78 is 70.0.